The molecule has 2 aromatic heterocycles. The molecule has 0 fully saturated rings. The van der Waals surface area contributed by atoms with Gasteiger partial charge in [-0.05, 0) is 13.8 Å². The molecule has 0 saturated carbocycles. The van der Waals surface area contributed by atoms with Crippen molar-refractivity contribution in [2.24, 2.45) is 0 Å². The second-order valence-corrected chi connectivity index (χ2v) is 7.06. The van der Waals surface area contributed by atoms with E-state index in [1.807, 2.05) is 25.2 Å². The quantitative estimate of drug-likeness (QED) is 0.889. The highest BCUT2D eigenvalue weighted by Crippen LogP contribution is 2.31. The maximum absolute atomic E-state index is 5.34. The minimum absolute atomic E-state index is 0.225. The molecule has 0 saturated heterocycles. The van der Waals surface area contributed by atoms with Crippen LogP contribution in [0.3, 0.4) is 0 Å². The fourth-order valence-corrected chi connectivity index (χ4v) is 3.40. The van der Waals surface area contributed by atoms with Gasteiger partial charge in [0.2, 0.25) is 5.88 Å². The van der Waals surface area contributed by atoms with Gasteiger partial charge in [0.05, 0.1) is 18.0 Å². The van der Waals surface area contributed by atoms with Crippen molar-refractivity contribution in [3.63, 3.8) is 0 Å². The van der Waals surface area contributed by atoms with Gasteiger partial charge in [0, 0.05) is 31.7 Å². The van der Waals surface area contributed by atoms with E-state index in [-0.39, 0.29) is 6.04 Å². The third-order valence-electron chi connectivity index (χ3n) is 2.80. The molecule has 0 spiro atoms. The van der Waals surface area contributed by atoms with Crippen LogP contribution in [0.25, 0.3) is 0 Å². The van der Waals surface area contributed by atoms with Crippen LogP contribution in [-0.2, 0) is 6.54 Å². The van der Waals surface area contributed by atoms with Gasteiger partial charge in [-0.15, -0.1) is 11.3 Å². The zero-order chi connectivity index (χ0) is 14.7. The molecule has 2 rings (SSSR count). The average Bonchev–Trinajstić information content (AvgIpc) is 3.01. The number of hydrogen-bond donors (Lipinski definition) is 1. The zero-order valence-electron chi connectivity index (χ0n) is 12.4. The zero-order valence-corrected chi connectivity index (χ0v) is 14.1. The molecule has 7 heteroatoms. The first-order valence-corrected chi connectivity index (χ1v) is 8.01. The molecule has 0 aliphatic carbocycles. The number of aryl methyl sites for hydroxylation is 1. The highest BCUT2D eigenvalue weighted by Gasteiger charge is 2.15. The smallest absolute Gasteiger partial charge is 0.230 e. The molecule has 2 aromatic rings. The third kappa shape index (κ3) is 3.47. The highest BCUT2D eigenvalue weighted by molar-refractivity contribution is 7.15. The molecule has 1 N–H and O–H groups in total. The van der Waals surface area contributed by atoms with Crippen molar-refractivity contribution in [1.82, 2.24) is 15.3 Å². The lowest BCUT2D eigenvalue weighted by Gasteiger charge is -2.10. The van der Waals surface area contributed by atoms with Gasteiger partial charge < -0.3 is 15.0 Å². The number of anilines is 1. The first kappa shape index (κ1) is 15.2. The van der Waals surface area contributed by atoms with Crippen molar-refractivity contribution in [1.29, 1.82) is 0 Å². The summed E-state index contributed by atoms with van der Waals surface area (Å²) in [6, 6.07) is 0.225. The Morgan fingerprint density at radius 1 is 1.40 bits per heavy atom. The third-order valence-corrected chi connectivity index (χ3v) is 5.10. The lowest BCUT2D eigenvalue weighted by molar-refractivity contribution is 0.393. The molecule has 0 aliphatic heterocycles. The Labute approximate surface area is 127 Å². The molecule has 110 valence electrons. The largest absolute Gasteiger partial charge is 0.480 e. The van der Waals surface area contributed by atoms with Crippen LogP contribution in [0, 0.1) is 6.92 Å². The number of hydrogen-bond acceptors (Lipinski definition) is 7. The van der Waals surface area contributed by atoms with Gasteiger partial charge in [0.25, 0.3) is 0 Å². The fraction of sp³-hybridized carbons (Fsp3) is 0.538. The summed E-state index contributed by atoms with van der Waals surface area (Å²) in [5, 5.41) is 5.54. The van der Waals surface area contributed by atoms with Crippen molar-refractivity contribution >= 4 is 27.8 Å². The molecule has 20 heavy (non-hydrogen) atoms. The van der Waals surface area contributed by atoms with Crippen molar-refractivity contribution in [2.45, 2.75) is 26.4 Å². The average molecular weight is 312 g/mol. The maximum Gasteiger partial charge on any atom is 0.230 e. The van der Waals surface area contributed by atoms with Crippen molar-refractivity contribution in [2.75, 3.05) is 26.1 Å². The van der Waals surface area contributed by atoms with Crippen molar-refractivity contribution in [3.05, 3.63) is 21.0 Å². The van der Waals surface area contributed by atoms with Gasteiger partial charge in [0.1, 0.15) is 5.01 Å². The maximum atomic E-state index is 5.34. The van der Waals surface area contributed by atoms with Crippen LogP contribution in [-0.4, -0.2) is 31.2 Å². The summed E-state index contributed by atoms with van der Waals surface area (Å²) in [6.45, 7) is 4.93. The molecule has 5 nitrogen and oxygen atoms in total. The minimum atomic E-state index is 0.225. The second kappa shape index (κ2) is 6.51. The van der Waals surface area contributed by atoms with Gasteiger partial charge in [-0.1, -0.05) is 11.3 Å². The SMILES string of the molecule is COc1nc(N(C)C)sc1CNC(C)c1ncc(C)s1. The fourth-order valence-electron chi connectivity index (χ4n) is 1.69. The van der Waals surface area contributed by atoms with Crippen LogP contribution in [0.5, 0.6) is 5.88 Å². The summed E-state index contributed by atoms with van der Waals surface area (Å²) in [5.74, 6) is 0.703. The number of nitrogens with one attached hydrogen (secondary N) is 1. The predicted molar refractivity (Wildman–Crippen MR) is 85.1 cm³/mol. The highest BCUT2D eigenvalue weighted by atomic mass is 32.1. The standard InChI is InChI=1S/C13H20N4OS2/c1-8-6-15-12(19-8)9(2)14-7-10-11(18-5)16-13(20-10)17(3)4/h6,9,14H,7H2,1-5H3. The van der Waals surface area contributed by atoms with E-state index >= 15 is 0 Å². The Morgan fingerprint density at radius 3 is 2.70 bits per heavy atom. The number of nitrogens with zero attached hydrogens (tertiary/aromatic N) is 3. The van der Waals surface area contributed by atoms with E-state index < -0.39 is 0 Å². The molecule has 2 heterocycles. The summed E-state index contributed by atoms with van der Waals surface area (Å²) in [6.07, 6.45) is 1.91. The van der Waals surface area contributed by atoms with E-state index in [1.54, 1.807) is 29.8 Å². The number of aromatic nitrogens is 2. The summed E-state index contributed by atoms with van der Waals surface area (Å²) >= 11 is 3.37. The second-order valence-electron chi connectivity index (χ2n) is 4.74. The van der Waals surface area contributed by atoms with Crippen LogP contribution >= 0.6 is 22.7 Å². The lowest BCUT2D eigenvalue weighted by atomic mass is 10.3. The van der Waals surface area contributed by atoms with E-state index in [9.17, 15) is 0 Å². The molecule has 0 aromatic carbocycles. The van der Waals surface area contributed by atoms with Gasteiger partial charge in [-0.25, -0.2) is 4.98 Å². The van der Waals surface area contributed by atoms with E-state index in [0.717, 1.165) is 21.6 Å². The number of rotatable bonds is 6. The van der Waals surface area contributed by atoms with E-state index in [1.165, 1.54) is 4.88 Å². The molecule has 0 amide bonds. The molecule has 0 aliphatic rings. The Kier molecular flexibility index (Phi) is 4.95. The predicted octanol–water partition coefficient (Wildman–Crippen LogP) is 2.83. The summed E-state index contributed by atoms with van der Waals surface area (Å²) in [5.41, 5.74) is 0. The van der Waals surface area contributed by atoms with Crippen LogP contribution in [0.15, 0.2) is 6.20 Å². The number of methoxy groups -OCH3 is 1. The molecular formula is C13H20N4OS2. The Hall–Kier alpha value is -1.18. The first-order chi connectivity index (χ1) is 9.51. The van der Waals surface area contributed by atoms with Gasteiger partial charge in [-0.3, -0.25) is 0 Å². The summed E-state index contributed by atoms with van der Waals surface area (Å²) in [4.78, 5) is 13.2. The monoisotopic (exact) mass is 312 g/mol. The molecule has 1 atom stereocenters. The molecule has 0 radical (unpaired) electrons. The molecule has 0 bridgehead atoms. The summed E-state index contributed by atoms with van der Waals surface area (Å²) in [7, 11) is 5.62. The lowest BCUT2D eigenvalue weighted by Crippen LogP contribution is -2.17. The Balaban J connectivity index is 2.03. The van der Waals surface area contributed by atoms with Crippen LogP contribution in [0.1, 0.15) is 27.7 Å². The van der Waals surface area contributed by atoms with Crippen molar-refractivity contribution in [3.8, 4) is 5.88 Å². The van der Waals surface area contributed by atoms with Crippen LogP contribution < -0.4 is 15.0 Å². The Bertz CT molecular complexity index is 564. The molecular weight excluding hydrogens is 292 g/mol. The van der Waals surface area contributed by atoms with E-state index in [2.05, 4.69) is 29.1 Å². The van der Waals surface area contributed by atoms with E-state index in [4.69, 9.17) is 4.74 Å². The van der Waals surface area contributed by atoms with Gasteiger partial charge >= 0.3 is 0 Å². The van der Waals surface area contributed by atoms with Crippen LogP contribution in [0.4, 0.5) is 5.13 Å². The minimum Gasteiger partial charge on any atom is -0.480 e. The number of thiazole rings is 2. The molecule has 1 unspecified atom stereocenters. The Morgan fingerprint density at radius 2 is 2.15 bits per heavy atom. The van der Waals surface area contributed by atoms with Gasteiger partial charge in [-0.2, -0.15) is 4.98 Å². The van der Waals surface area contributed by atoms with Gasteiger partial charge in [0.15, 0.2) is 5.13 Å². The van der Waals surface area contributed by atoms with Crippen LogP contribution in [0.2, 0.25) is 0 Å². The number of ether oxygens (including phenoxy) is 1. The van der Waals surface area contributed by atoms with E-state index in [0.29, 0.717) is 5.88 Å². The topological polar surface area (TPSA) is 50.3 Å². The summed E-state index contributed by atoms with van der Waals surface area (Å²) < 4.78 is 5.34. The normalized spacial score (nSPS) is 12.4. The van der Waals surface area contributed by atoms with Crippen molar-refractivity contribution < 1.29 is 4.74 Å². The first-order valence-electron chi connectivity index (χ1n) is 6.38.